The summed E-state index contributed by atoms with van der Waals surface area (Å²) in [4.78, 5) is 18.7. The van der Waals surface area contributed by atoms with Crippen LogP contribution in [0.15, 0.2) is 10.6 Å². The van der Waals surface area contributed by atoms with Gasteiger partial charge in [-0.3, -0.25) is 14.2 Å². The molecule has 1 aliphatic heterocycles. The number of aromatic nitrogens is 6. The quantitative estimate of drug-likeness (QED) is 0.569. The summed E-state index contributed by atoms with van der Waals surface area (Å²) in [6.45, 7) is 9.95. The molecular formula is C21H29N7O3. The van der Waals surface area contributed by atoms with Crippen molar-refractivity contribution < 1.29 is 14.1 Å². The Morgan fingerprint density at radius 3 is 2.81 bits per heavy atom. The van der Waals surface area contributed by atoms with Gasteiger partial charge in [-0.25, -0.2) is 0 Å². The maximum atomic E-state index is 12.5. The van der Waals surface area contributed by atoms with Crippen LogP contribution in [0.4, 0.5) is 0 Å². The molecule has 0 aliphatic carbocycles. The number of hydrogen-bond acceptors (Lipinski definition) is 7. The molecule has 0 N–H and O–H groups in total. The van der Waals surface area contributed by atoms with Crippen molar-refractivity contribution in [2.24, 2.45) is 0 Å². The first-order chi connectivity index (χ1) is 14.8. The third-order valence-corrected chi connectivity index (χ3v) is 5.49. The minimum absolute atomic E-state index is 0.0168. The van der Waals surface area contributed by atoms with Crippen LogP contribution in [-0.2, 0) is 35.5 Å². The standard InChI is InChI=1S/C21H29N7O3/c1-13(2)28-17-7-9-30-12-16(17)20(24-28)21-22-18(25-31-21)6-8-26(5)19(29)11-27-15(4)10-14(3)23-27/h10,13H,6-9,11-12H2,1-5H3. The molecule has 0 saturated carbocycles. The summed E-state index contributed by atoms with van der Waals surface area (Å²) in [6, 6.07) is 2.20. The Bertz CT molecular complexity index is 1080. The molecule has 4 heterocycles. The number of aryl methyl sites for hydroxylation is 2. The fourth-order valence-corrected chi connectivity index (χ4v) is 3.79. The third kappa shape index (κ3) is 4.39. The molecule has 0 unspecified atom stereocenters. The van der Waals surface area contributed by atoms with Crippen LogP contribution >= 0.6 is 0 Å². The molecule has 3 aromatic heterocycles. The lowest BCUT2D eigenvalue weighted by Gasteiger charge is -2.16. The molecular weight excluding hydrogens is 398 g/mol. The minimum atomic E-state index is -0.0168. The number of nitrogens with zero attached hydrogens (tertiary/aromatic N) is 7. The highest BCUT2D eigenvalue weighted by molar-refractivity contribution is 5.75. The summed E-state index contributed by atoms with van der Waals surface area (Å²) in [6.07, 6.45) is 1.32. The number of likely N-dealkylation sites (N-methyl/N-ethyl adjacent to an activating group) is 1. The van der Waals surface area contributed by atoms with Crippen LogP contribution in [0.25, 0.3) is 11.6 Å². The van der Waals surface area contributed by atoms with Crippen molar-refractivity contribution in [3.8, 4) is 11.6 Å². The second kappa shape index (κ2) is 8.62. The lowest BCUT2D eigenvalue weighted by molar-refractivity contribution is -0.130. The Morgan fingerprint density at radius 1 is 1.29 bits per heavy atom. The molecule has 0 atom stereocenters. The zero-order valence-electron chi connectivity index (χ0n) is 18.8. The van der Waals surface area contributed by atoms with E-state index in [1.54, 1.807) is 16.6 Å². The van der Waals surface area contributed by atoms with Gasteiger partial charge in [-0.05, 0) is 33.8 Å². The normalized spacial score (nSPS) is 13.6. The second-order valence-corrected chi connectivity index (χ2v) is 8.28. The van der Waals surface area contributed by atoms with Crippen molar-refractivity contribution in [3.63, 3.8) is 0 Å². The fourth-order valence-electron chi connectivity index (χ4n) is 3.79. The third-order valence-electron chi connectivity index (χ3n) is 5.49. The monoisotopic (exact) mass is 427 g/mol. The lowest BCUT2D eigenvalue weighted by Crippen LogP contribution is -2.32. The largest absolute Gasteiger partial charge is 0.376 e. The Balaban J connectivity index is 1.42. The summed E-state index contributed by atoms with van der Waals surface area (Å²) >= 11 is 0. The molecule has 0 spiro atoms. The number of hydrogen-bond donors (Lipinski definition) is 0. The summed E-state index contributed by atoms with van der Waals surface area (Å²) in [5.41, 5.74) is 4.75. The van der Waals surface area contributed by atoms with Crippen LogP contribution in [0.5, 0.6) is 0 Å². The van der Waals surface area contributed by atoms with Gasteiger partial charge in [-0.1, -0.05) is 5.16 Å². The van der Waals surface area contributed by atoms with Gasteiger partial charge in [0.15, 0.2) is 11.5 Å². The zero-order chi connectivity index (χ0) is 22.1. The van der Waals surface area contributed by atoms with Crippen LogP contribution in [0.2, 0.25) is 0 Å². The minimum Gasteiger partial charge on any atom is -0.376 e. The molecule has 10 heteroatoms. The van der Waals surface area contributed by atoms with Crippen molar-refractivity contribution in [2.75, 3.05) is 20.2 Å². The Morgan fingerprint density at radius 2 is 2.10 bits per heavy atom. The van der Waals surface area contributed by atoms with E-state index >= 15 is 0 Å². The molecule has 3 aromatic rings. The van der Waals surface area contributed by atoms with Gasteiger partial charge in [0.2, 0.25) is 5.91 Å². The molecule has 0 bridgehead atoms. The highest BCUT2D eigenvalue weighted by atomic mass is 16.5. The van der Waals surface area contributed by atoms with Crippen LogP contribution in [-0.4, -0.2) is 60.7 Å². The summed E-state index contributed by atoms with van der Waals surface area (Å²) < 4.78 is 14.9. The molecule has 31 heavy (non-hydrogen) atoms. The summed E-state index contributed by atoms with van der Waals surface area (Å²) in [7, 11) is 1.77. The van der Waals surface area contributed by atoms with Gasteiger partial charge < -0.3 is 14.2 Å². The van der Waals surface area contributed by atoms with Gasteiger partial charge in [0, 0.05) is 49.4 Å². The first kappa shape index (κ1) is 21.2. The number of carbonyl (C=O) groups excluding carboxylic acids is 1. The van der Waals surface area contributed by atoms with E-state index in [4.69, 9.17) is 14.4 Å². The molecule has 0 saturated heterocycles. The molecule has 10 nitrogen and oxygen atoms in total. The van der Waals surface area contributed by atoms with Gasteiger partial charge in [-0.2, -0.15) is 15.2 Å². The Kier molecular flexibility index (Phi) is 5.90. The zero-order valence-corrected chi connectivity index (χ0v) is 18.8. The average molecular weight is 428 g/mol. The van der Waals surface area contributed by atoms with Gasteiger partial charge in [0.05, 0.1) is 18.9 Å². The van der Waals surface area contributed by atoms with E-state index in [2.05, 4.69) is 29.1 Å². The summed E-state index contributed by atoms with van der Waals surface area (Å²) in [5, 5.41) is 13.2. The first-order valence-electron chi connectivity index (χ1n) is 10.6. The van der Waals surface area contributed by atoms with Crippen molar-refractivity contribution in [1.82, 2.24) is 34.6 Å². The number of carbonyl (C=O) groups is 1. The van der Waals surface area contributed by atoms with E-state index in [0.29, 0.717) is 43.6 Å². The number of rotatable bonds is 7. The predicted molar refractivity (Wildman–Crippen MR) is 112 cm³/mol. The molecule has 1 amide bonds. The van der Waals surface area contributed by atoms with Gasteiger partial charge in [0.25, 0.3) is 5.89 Å². The molecule has 166 valence electrons. The smallest absolute Gasteiger partial charge is 0.278 e. The van der Waals surface area contributed by atoms with Crippen LogP contribution in [0.3, 0.4) is 0 Å². The summed E-state index contributed by atoms with van der Waals surface area (Å²) in [5.74, 6) is 0.926. The Labute approximate surface area is 181 Å². The maximum absolute atomic E-state index is 12.5. The average Bonchev–Trinajstić information content (AvgIpc) is 3.43. The van der Waals surface area contributed by atoms with E-state index < -0.39 is 0 Å². The van der Waals surface area contributed by atoms with Gasteiger partial charge >= 0.3 is 0 Å². The highest BCUT2D eigenvalue weighted by Gasteiger charge is 2.26. The van der Waals surface area contributed by atoms with E-state index in [9.17, 15) is 4.79 Å². The van der Waals surface area contributed by atoms with Crippen molar-refractivity contribution >= 4 is 5.91 Å². The van der Waals surface area contributed by atoms with Gasteiger partial charge in [-0.15, -0.1) is 0 Å². The number of fused-ring (bicyclic) bond motifs is 1. The van der Waals surface area contributed by atoms with E-state index in [-0.39, 0.29) is 18.5 Å². The molecule has 4 rings (SSSR count). The predicted octanol–water partition coefficient (Wildman–Crippen LogP) is 2.10. The number of ether oxygens (including phenoxy) is 1. The van der Waals surface area contributed by atoms with E-state index in [1.165, 1.54) is 5.69 Å². The molecule has 0 aromatic carbocycles. The SMILES string of the molecule is Cc1cc(C)n(CC(=O)N(C)CCc2noc(-c3nn(C(C)C)c4c3COCC4)n2)n1. The highest BCUT2D eigenvalue weighted by Crippen LogP contribution is 2.29. The molecule has 1 aliphatic rings. The molecule has 0 fully saturated rings. The van der Waals surface area contributed by atoms with Crippen LogP contribution in [0, 0.1) is 13.8 Å². The van der Waals surface area contributed by atoms with E-state index in [0.717, 1.165) is 23.4 Å². The first-order valence-corrected chi connectivity index (χ1v) is 10.6. The van der Waals surface area contributed by atoms with Crippen molar-refractivity contribution in [2.45, 2.75) is 59.7 Å². The fraction of sp³-hybridized carbons (Fsp3) is 0.571. The number of amides is 1. The molecule has 0 radical (unpaired) electrons. The maximum Gasteiger partial charge on any atom is 0.278 e. The lowest BCUT2D eigenvalue weighted by atomic mass is 10.1. The Hall–Kier alpha value is -3.01. The van der Waals surface area contributed by atoms with Crippen molar-refractivity contribution in [3.05, 3.63) is 34.5 Å². The van der Waals surface area contributed by atoms with E-state index in [1.807, 2.05) is 24.6 Å². The van der Waals surface area contributed by atoms with Gasteiger partial charge in [0.1, 0.15) is 6.54 Å². The topological polar surface area (TPSA) is 104 Å². The van der Waals surface area contributed by atoms with Crippen LogP contribution in [0.1, 0.15) is 48.4 Å². The van der Waals surface area contributed by atoms with Crippen molar-refractivity contribution in [1.29, 1.82) is 0 Å². The van der Waals surface area contributed by atoms with Crippen LogP contribution < -0.4 is 0 Å². The second-order valence-electron chi connectivity index (χ2n) is 8.28.